The molecule has 3 aromatic heterocycles. The molecule has 4 heterocycles. The Balaban J connectivity index is 1.38. The SMILES string of the molecule is Cn1ncc2c(N3CCN(c4nc5ccccc5s4)CC3)ncnc21. The van der Waals surface area contributed by atoms with Crippen molar-refractivity contribution in [3.8, 4) is 0 Å². The van der Waals surface area contributed by atoms with Crippen molar-refractivity contribution in [1.82, 2.24) is 24.7 Å². The highest BCUT2D eigenvalue weighted by atomic mass is 32.1. The first kappa shape index (κ1) is 14.6. The predicted octanol–water partition coefficient (Wildman–Crippen LogP) is 2.30. The molecular weight excluding hydrogens is 334 g/mol. The number of benzene rings is 1. The van der Waals surface area contributed by atoms with E-state index in [1.54, 1.807) is 22.3 Å². The Bertz CT molecular complexity index is 1010. The van der Waals surface area contributed by atoms with Crippen molar-refractivity contribution in [2.24, 2.45) is 7.05 Å². The van der Waals surface area contributed by atoms with Gasteiger partial charge in [-0.1, -0.05) is 23.5 Å². The van der Waals surface area contributed by atoms with Crippen LogP contribution in [0.4, 0.5) is 10.9 Å². The van der Waals surface area contributed by atoms with Crippen LogP contribution in [-0.4, -0.2) is 50.9 Å². The quantitative estimate of drug-likeness (QED) is 0.552. The first-order valence-electron chi connectivity index (χ1n) is 8.28. The second-order valence-corrected chi connectivity index (χ2v) is 7.15. The van der Waals surface area contributed by atoms with Gasteiger partial charge in [-0.2, -0.15) is 5.10 Å². The molecule has 1 aliphatic rings. The number of para-hydroxylation sites is 1. The molecule has 25 heavy (non-hydrogen) atoms. The average molecular weight is 351 g/mol. The minimum Gasteiger partial charge on any atom is -0.352 e. The predicted molar refractivity (Wildman–Crippen MR) is 100 cm³/mol. The van der Waals surface area contributed by atoms with Gasteiger partial charge >= 0.3 is 0 Å². The lowest BCUT2D eigenvalue weighted by Gasteiger charge is -2.35. The lowest BCUT2D eigenvalue weighted by atomic mass is 10.3. The third-order valence-corrected chi connectivity index (χ3v) is 5.74. The molecule has 1 fully saturated rings. The van der Waals surface area contributed by atoms with Gasteiger partial charge in [0.25, 0.3) is 0 Å². The number of fused-ring (bicyclic) bond motifs is 2. The summed E-state index contributed by atoms with van der Waals surface area (Å²) in [5.74, 6) is 0.974. The molecule has 1 aromatic carbocycles. The maximum Gasteiger partial charge on any atom is 0.186 e. The van der Waals surface area contributed by atoms with Crippen molar-refractivity contribution in [1.29, 1.82) is 0 Å². The van der Waals surface area contributed by atoms with Crippen molar-refractivity contribution in [2.75, 3.05) is 36.0 Å². The molecule has 0 amide bonds. The molecule has 0 unspecified atom stereocenters. The van der Waals surface area contributed by atoms with Gasteiger partial charge in [-0.05, 0) is 12.1 Å². The van der Waals surface area contributed by atoms with Crippen LogP contribution in [0.25, 0.3) is 21.3 Å². The van der Waals surface area contributed by atoms with Gasteiger partial charge in [-0.15, -0.1) is 0 Å². The van der Waals surface area contributed by atoms with Crippen LogP contribution in [0.3, 0.4) is 0 Å². The zero-order valence-electron chi connectivity index (χ0n) is 13.8. The fourth-order valence-corrected chi connectivity index (χ4v) is 4.32. The van der Waals surface area contributed by atoms with Crippen molar-refractivity contribution >= 4 is 43.5 Å². The summed E-state index contributed by atoms with van der Waals surface area (Å²) in [7, 11) is 1.91. The highest BCUT2D eigenvalue weighted by molar-refractivity contribution is 7.22. The fourth-order valence-electron chi connectivity index (χ4n) is 3.31. The van der Waals surface area contributed by atoms with E-state index in [1.807, 2.05) is 19.3 Å². The Kier molecular flexibility index (Phi) is 3.30. The Morgan fingerprint density at radius 1 is 1.00 bits per heavy atom. The largest absolute Gasteiger partial charge is 0.352 e. The van der Waals surface area contributed by atoms with E-state index in [0.717, 1.165) is 53.7 Å². The molecule has 1 aliphatic heterocycles. The molecule has 0 spiro atoms. The summed E-state index contributed by atoms with van der Waals surface area (Å²) in [4.78, 5) is 18.3. The van der Waals surface area contributed by atoms with E-state index in [-0.39, 0.29) is 0 Å². The smallest absolute Gasteiger partial charge is 0.186 e. The van der Waals surface area contributed by atoms with Gasteiger partial charge in [0.1, 0.15) is 12.1 Å². The molecule has 0 bridgehead atoms. The number of anilines is 2. The van der Waals surface area contributed by atoms with Crippen LogP contribution in [0.15, 0.2) is 36.8 Å². The number of rotatable bonds is 2. The highest BCUT2D eigenvalue weighted by Gasteiger charge is 2.22. The molecule has 4 aromatic rings. The van der Waals surface area contributed by atoms with Crippen LogP contribution >= 0.6 is 11.3 Å². The molecule has 0 atom stereocenters. The number of aryl methyl sites for hydroxylation is 1. The summed E-state index contributed by atoms with van der Waals surface area (Å²) in [6.45, 7) is 3.70. The summed E-state index contributed by atoms with van der Waals surface area (Å²) < 4.78 is 3.03. The third kappa shape index (κ3) is 2.41. The van der Waals surface area contributed by atoms with Gasteiger partial charge in [0.15, 0.2) is 10.8 Å². The highest BCUT2D eigenvalue weighted by Crippen LogP contribution is 2.30. The van der Waals surface area contributed by atoms with Gasteiger partial charge in [-0.25, -0.2) is 15.0 Å². The minimum absolute atomic E-state index is 0.874. The zero-order valence-corrected chi connectivity index (χ0v) is 14.6. The summed E-state index contributed by atoms with van der Waals surface area (Å²) in [6.07, 6.45) is 3.48. The van der Waals surface area contributed by atoms with Gasteiger partial charge in [0, 0.05) is 33.2 Å². The second-order valence-electron chi connectivity index (χ2n) is 6.14. The van der Waals surface area contributed by atoms with E-state index in [1.165, 1.54) is 4.70 Å². The molecular formula is C17H17N7S. The lowest BCUT2D eigenvalue weighted by Crippen LogP contribution is -2.46. The molecule has 7 nitrogen and oxygen atoms in total. The van der Waals surface area contributed by atoms with Crippen LogP contribution in [0, 0.1) is 0 Å². The van der Waals surface area contributed by atoms with Gasteiger partial charge in [0.2, 0.25) is 0 Å². The van der Waals surface area contributed by atoms with Gasteiger partial charge in [0.05, 0.1) is 21.8 Å². The lowest BCUT2D eigenvalue weighted by molar-refractivity contribution is 0.648. The summed E-state index contributed by atoms with van der Waals surface area (Å²) in [6, 6.07) is 8.31. The van der Waals surface area contributed by atoms with Crippen LogP contribution in [0.5, 0.6) is 0 Å². The number of hydrogen-bond acceptors (Lipinski definition) is 7. The van der Waals surface area contributed by atoms with E-state index in [4.69, 9.17) is 4.98 Å². The molecule has 5 rings (SSSR count). The van der Waals surface area contributed by atoms with Crippen molar-refractivity contribution in [2.45, 2.75) is 0 Å². The van der Waals surface area contributed by atoms with Crippen LogP contribution in [0.1, 0.15) is 0 Å². The topological polar surface area (TPSA) is 63.0 Å². The normalized spacial score (nSPS) is 15.4. The zero-order chi connectivity index (χ0) is 16.8. The molecule has 126 valence electrons. The minimum atomic E-state index is 0.874. The summed E-state index contributed by atoms with van der Waals surface area (Å²) >= 11 is 1.76. The maximum atomic E-state index is 4.77. The number of piperazine rings is 1. The standard InChI is InChI=1S/C17H17N7S/c1-22-15-12(10-20-22)16(19-11-18-15)23-6-8-24(9-7-23)17-21-13-4-2-3-5-14(13)25-17/h2-5,10-11H,6-9H2,1H3. The first-order chi connectivity index (χ1) is 12.3. The molecule has 8 heteroatoms. The number of hydrogen-bond donors (Lipinski definition) is 0. The van der Waals surface area contributed by atoms with E-state index in [9.17, 15) is 0 Å². The van der Waals surface area contributed by atoms with Crippen molar-refractivity contribution in [3.05, 3.63) is 36.8 Å². The average Bonchev–Trinajstić information content (AvgIpc) is 3.26. The van der Waals surface area contributed by atoms with Crippen LogP contribution < -0.4 is 9.80 Å². The Labute approximate surface area is 148 Å². The number of aromatic nitrogens is 5. The van der Waals surface area contributed by atoms with Gasteiger partial charge in [-0.3, -0.25) is 4.68 Å². The Morgan fingerprint density at radius 3 is 2.64 bits per heavy atom. The first-order valence-corrected chi connectivity index (χ1v) is 9.09. The Morgan fingerprint density at radius 2 is 1.80 bits per heavy atom. The van der Waals surface area contributed by atoms with E-state index >= 15 is 0 Å². The summed E-state index contributed by atoms with van der Waals surface area (Å²) in [5, 5.41) is 6.43. The molecule has 0 saturated carbocycles. The maximum absolute atomic E-state index is 4.77. The molecule has 0 aliphatic carbocycles. The third-order valence-electron chi connectivity index (χ3n) is 4.64. The van der Waals surface area contributed by atoms with Crippen LogP contribution in [-0.2, 0) is 7.05 Å². The fraction of sp³-hybridized carbons (Fsp3) is 0.294. The van der Waals surface area contributed by atoms with Crippen molar-refractivity contribution < 1.29 is 0 Å². The van der Waals surface area contributed by atoms with Gasteiger partial charge < -0.3 is 9.80 Å². The van der Waals surface area contributed by atoms with E-state index in [0.29, 0.717) is 0 Å². The van der Waals surface area contributed by atoms with E-state index < -0.39 is 0 Å². The summed E-state index contributed by atoms with van der Waals surface area (Å²) in [5.41, 5.74) is 1.96. The molecule has 0 N–H and O–H groups in total. The van der Waals surface area contributed by atoms with Crippen LogP contribution in [0.2, 0.25) is 0 Å². The van der Waals surface area contributed by atoms with E-state index in [2.05, 4.69) is 43.1 Å². The number of thiazole rings is 1. The molecule has 1 saturated heterocycles. The number of nitrogens with zero attached hydrogens (tertiary/aromatic N) is 7. The van der Waals surface area contributed by atoms with Crippen molar-refractivity contribution in [3.63, 3.8) is 0 Å². The monoisotopic (exact) mass is 351 g/mol. The Hall–Kier alpha value is -2.74. The molecule has 0 radical (unpaired) electrons. The second kappa shape index (κ2) is 5.66.